The lowest BCUT2D eigenvalue weighted by atomic mass is 10.2. The smallest absolute Gasteiger partial charge is 0.328 e. The Balaban J connectivity index is 2.07. The van der Waals surface area contributed by atoms with E-state index in [1.54, 1.807) is 6.08 Å². The highest BCUT2D eigenvalue weighted by Gasteiger charge is 2.22. The number of carboxylic acids is 1. The van der Waals surface area contributed by atoms with Crippen molar-refractivity contribution in [3.8, 4) is 0 Å². The van der Waals surface area contributed by atoms with E-state index in [-0.39, 0.29) is 6.10 Å². The lowest BCUT2D eigenvalue weighted by Gasteiger charge is -2.31. The molecule has 0 spiro atoms. The molecular formula is C15H17N3O3. The fraction of sp³-hybridized carbons (Fsp3) is 0.333. The second-order valence-electron chi connectivity index (χ2n) is 5.05. The molecule has 0 amide bonds. The summed E-state index contributed by atoms with van der Waals surface area (Å²) in [5.74, 6) is -0.170. The first-order valence-corrected chi connectivity index (χ1v) is 6.90. The lowest BCUT2D eigenvalue weighted by molar-refractivity contribution is -0.131. The summed E-state index contributed by atoms with van der Waals surface area (Å²) in [6.07, 6.45) is 4.76. The van der Waals surface area contributed by atoms with Crippen LogP contribution < -0.4 is 4.90 Å². The minimum atomic E-state index is -0.970. The molecular weight excluding hydrogens is 270 g/mol. The van der Waals surface area contributed by atoms with E-state index < -0.39 is 5.97 Å². The van der Waals surface area contributed by atoms with Gasteiger partial charge in [0, 0.05) is 25.4 Å². The fourth-order valence-electron chi connectivity index (χ4n) is 2.55. The molecule has 110 valence electrons. The van der Waals surface area contributed by atoms with Crippen LogP contribution >= 0.6 is 0 Å². The van der Waals surface area contributed by atoms with Gasteiger partial charge in [0.05, 0.1) is 18.4 Å². The zero-order valence-corrected chi connectivity index (χ0v) is 11.8. The number of pyridine rings is 1. The molecule has 0 aromatic carbocycles. The average molecular weight is 287 g/mol. The Bertz CT molecular complexity index is 693. The summed E-state index contributed by atoms with van der Waals surface area (Å²) in [7, 11) is 0. The third kappa shape index (κ3) is 2.75. The SMILES string of the molecule is CC1CN(c2nc3ccccn3c2/C=C/C(=O)O)CCO1. The molecule has 2 aromatic heterocycles. The van der Waals surface area contributed by atoms with Gasteiger partial charge >= 0.3 is 5.97 Å². The molecule has 0 aliphatic carbocycles. The van der Waals surface area contributed by atoms with Crippen LogP contribution in [0.2, 0.25) is 0 Å². The summed E-state index contributed by atoms with van der Waals surface area (Å²) in [5.41, 5.74) is 1.58. The van der Waals surface area contributed by atoms with Gasteiger partial charge in [-0.2, -0.15) is 0 Å². The molecule has 1 atom stereocenters. The Hall–Kier alpha value is -2.34. The van der Waals surface area contributed by atoms with Crippen molar-refractivity contribution in [2.24, 2.45) is 0 Å². The maximum Gasteiger partial charge on any atom is 0.328 e. The molecule has 1 unspecified atom stereocenters. The number of aliphatic carboxylic acids is 1. The molecule has 1 N–H and O–H groups in total. The molecule has 6 heteroatoms. The van der Waals surface area contributed by atoms with Crippen molar-refractivity contribution in [1.82, 2.24) is 9.38 Å². The Morgan fingerprint density at radius 3 is 3.14 bits per heavy atom. The van der Waals surface area contributed by atoms with E-state index in [2.05, 4.69) is 9.88 Å². The second kappa shape index (κ2) is 5.57. The van der Waals surface area contributed by atoms with Crippen molar-refractivity contribution >= 4 is 23.5 Å². The zero-order chi connectivity index (χ0) is 14.8. The Morgan fingerprint density at radius 2 is 2.38 bits per heavy atom. The second-order valence-corrected chi connectivity index (χ2v) is 5.05. The largest absolute Gasteiger partial charge is 0.478 e. The number of hydrogen-bond donors (Lipinski definition) is 1. The fourth-order valence-corrected chi connectivity index (χ4v) is 2.55. The van der Waals surface area contributed by atoms with Gasteiger partial charge < -0.3 is 14.7 Å². The van der Waals surface area contributed by atoms with Crippen LogP contribution in [0.5, 0.6) is 0 Å². The average Bonchev–Trinajstić information content (AvgIpc) is 2.84. The van der Waals surface area contributed by atoms with Crippen molar-refractivity contribution in [3.05, 3.63) is 36.2 Å². The van der Waals surface area contributed by atoms with Gasteiger partial charge in [0.25, 0.3) is 0 Å². The molecule has 0 bridgehead atoms. The summed E-state index contributed by atoms with van der Waals surface area (Å²) in [6.45, 7) is 4.17. The Labute approximate surface area is 122 Å². The van der Waals surface area contributed by atoms with Gasteiger partial charge in [0.2, 0.25) is 0 Å². The number of ether oxygens (including phenoxy) is 1. The van der Waals surface area contributed by atoms with E-state index in [1.165, 1.54) is 0 Å². The number of fused-ring (bicyclic) bond motifs is 1. The summed E-state index contributed by atoms with van der Waals surface area (Å²) in [6, 6.07) is 5.72. The van der Waals surface area contributed by atoms with Crippen molar-refractivity contribution in [1.29, 1.82) is 0 Å². The van der Waals surface area contributed by atoms with E-state index in [9.17, 15) is 4.79 Å². The maximum atomic E-state index is 10.8. The molecule has 3 heterocycles. The van der Waals surface area contributed by atoms with Crippen LogP contribution in [0, 0.1) is 0 Å². The molecule has 3 rings (SSSR count). The standard InChI is InChI=1S/C15H17N3O3/c1-11-10-17(8-9-21-11)15-12(5-6-14(19)20)18-7-3-2-4-13(18)16-15/h2-7,11H,8-10H2,1H3,(H,19,20)/b6-5+. The molecule has 0 saturated carbocycles. The number of nitrogens with zero attached hydrogens (tertiary/aromatic N) is 3. The van der Waals surface area contributed by atoms with Crippen molar-refractivity contribution in [3.63, 3.8) is 0 Å². The predicted molar refractivity (Wildman–Crippen MR) is 79.5 cm³/mol. The highest BCUT2D eigenvalue weighted by atomic mass is 16.5. The predicted octanol–water partition coefficient (Wildman–Crippen LogP) is 1.66. The van der Waals surface area contributed by atoms with Crippen LogP contribution in [0.3, 0.4) is 0 Å². The van der Waals surface area contributed by atoms with Gasteiger partial charge in [-0.25, -0.2) is 9.78 Å². The number of carboxylic acid groups (broad SMARTS) is 1. The maximum absolute atomic E-state index is 10.8. The van der Waals surface area contributed by atoms with Crippen LogP contribution in [-0.2, 0) is 9.53 Å². The number of rotatable bonds is 3. The molecule has 1 aliphatic heterocycles. The molecule has 1 fully saturated rings. The number of imidazole rings is 1. The number of hydrogen-bond acceptors (Lipinski definition) is 4. The minimum Gasteiger partial charge on any atom is -0.478 e. The van der Waals surface area contributed by atoms with Crippen molar-refractivity contribution in [2.45, 2.75) is 13.0 Å². The van der Waals surface area contributed by atoms with Gasteiger partial charge in [-0.3, -0.25) is 4.40 Å². The van der Waals surface area contributed by atoms with Crippen LogP contribution in [0.4, 0.5) is 5.82 Å². The highest BCUT2D eigenvalue weighted by Crippen LogP contribution is 2.25. The van der Waals surface area contributed by atoms with E-state index >= 15 is 0 Å². The summed E-state index contributed by atoms with van der Waals surface area (Å²) >= 11 is 0. The summed E-state index contributed by atoms with van der Waals surface area (Å²) in [5, 5.41) is 8.88. The van der Waals surface area contributed by atoms with Crippen LogP contribution in [0.1, 0.15) is 12.6 Å². The topological polar surface area (TPSA) is 67.1 Å². The molecule has 0 radical (unpaired) electrons. The van der Waals surface area contributed by atoms with E-state index in [0.29, 0.717) is 6.61 Å². The zero-order valence-electron chi connectivity index (χ0n) is 11.8. The molecule has 1 saturated heterocycles. The van der Waals surface area contributed by atoms with E-state index in [0.717, 1.165) is 36.3 Å². The van der Waals surface area contributed by atoms with Crippen molar-refractivity contribution < 1.29 is 14.6 Å². The van der Waals surface area contributed by atoms with Gasteiger partial charge in [-0.1, -0.05) is 6.07 Å². The summed E-state index contributed by atoms with van der Waals surface area (Å²) in [4.78, 5) is 17.6. The third-order valence-corrected chi connectivity index (χ3v) is 3.47. The Kier molecular flexibility index (Phi) is 3.62. The number of aromatic nitrogens is 2. The van der Waals surface area contributed by atoms with E-state index in [1.807, 2.05) is 35.7 Å². The summed E-state index contributed by atoms with van der Waals surface area (Å²) < 4.78 is 7.45. The highest BCUT2D eigenvalue weighted by molar-refractivity contribution is 5.86. The van der Waals surface area contributed by atoms with Gasteiger partial charge in [-0.15, -0.1) is 0 Å². The van der Waals surface area contributed by atoms with E-state index in [4.69, 9.17) is 9.84 Å². The van der Waals surface area contributed by atoms with Gasteiger partial charge in [-0.05, 0) is 25.1 Å². The first-order valence-electron chi connectivity index (χ1n) is 6.90. The Morgan fingerprint density at radius 1 is 1.52 bits per heavy atom. The van der Waals surface area contributed by atoms with Gasteiger partial charge in [0.15, 0.2) is 5.82 Å². The van der Waals surface area contributed by atoms with Crippen LogP contribution in [0.15, 0.2) is 30.5 Å². The van der Waals surface area contributed by atoms with Crippen LogP contribution in [-0.4, -0.2) is 46.3 Å². The monoisotopic (exact) mass is 287 g/mol. The third-order valence-electron chi connectivity index (χ3n) is 3.47. The van der Waals surface area contributed by atoms with Crippen LogP contribution in [0.25, 0.3) is 11.7 Å². The number of anilines is 1. The van der Waals surface area contributed by atoms with Crippen molar-refractivity contribution in [2.75, 3.05) is 24.6 Å². The molecule has 21 heavy (non-hydrogen) atoms. The normalized spacial score (nSPS) is 19.5. The first-order chi connectivity index (χ1) is 10.1. The van der Waals surface area contributed by atoms with Gasteiger partial charge in [0.1, 0.15) is 5.65 Å². The number of morpholine rings is 1. The first kappa shape index (κ1) is 13.6. The molecule has 6 nitrogen and oxygen atoms in total. The quantitative estimate of drug-likeness (QED) is 0.870. The lowest BCUT2D eigenvalue weighted by Crippen LogP contribution is -2.41. The number of carbonyl (C=O) groups is 1. The molecule has 1 aliphatic rings. The minimum absolute atomic E-state index is 0.139. The molecule has 2 aromatic rings.